The van der Waals surface area contributed by atoms with Gasteiger partial charge < -0.3 is 9.52 Å². The molecule has 2 rings (SSSR count). The lowest BCUT2D eigenvalue weighted by molar-refractivity contribution is 0.146. The maximum Gasteiger partial charge on any atom is 0.143 e. The van der Waals surface area contributed by atoms with Gasteiger partial charge in [-0.15, -0.1) is 0 Å². The van der Waals surface area contributed by atoms with Crippen LogP contribution in [0.5, 0.6) is 0 Å². The largest absolute Gasteiger partial charge is 0.464 e. The monoisotopic (exact) mass is 316 g/mol. The Morgan fingerprint density at radius 2 is 2.00 bits per heavy atom. The van der Waals surface area contributed by atoms with Gasteiger partial charge in [0.15, 0.2) is 0 Å². The van der Waals surface area contributed by atoms with Crippen molar-refractivity contribution in [2.75, 3.05) is 0 Å². The summed E-state index contributed by atoms with van der Waals surface area (Å²) in [6.07, 6.45) is -1.25. The third-order valence-corrected chi connectivity index (χ3v) is 3.24. The molecule has 18 heavy (non-hydrogen) atoms. The van der Waals surface area contributed by atoms with E-state index in [9.17, 15) is 13.9 Å². The van der Waals surface area contributed by atoms with Crippen molar-refractivity contribution in [1.29, 1.82) is 0 Å². The highest BCUT2D eigenvalue weighted by Gasteiger charge is 2.19. The Kier molecular flexibility index (Phi) is 3.82. The van der Waals surface area contributed by atoms with Crippen LogP contribution in [-0.2, 0) is 6.42 Å². The standard InChI is InChI=1S/C13H11BrF2O2/c1-7-2-5-12(18-7)11(17)6-8-10(15)4-3-9(14)13(8)16/h2-5,11,17H,6H2,1H3. The molecule has 0 spiro atoms. The van der Waals surface area contributed by atoms with Crippen LogP contribution < -0.4 is 0 Å². The Hall–Kier alpha value is -1.20. The van der Waals surface area contributed by atoms with Crippen molar-refractivity contribution in [3.63, 3.8) is 0 Å². The summed E-state index contributed by atoms with van der Waals surface area (Å²) >= 11 is 2.98. The minimum Gasteiger partial charge on any atom is -0.464 e. The second-order valence-corrected chi connectivity index (χ2v) is 4.84. The lowest BCUT2D eigenvalue weighted by Gasteiger charge is -2.10. The predicted molar refractivity (Wildman–Crippen MR) is 66.2 cm³/mol. The van der Waals surface area contributed by atoms with Gasteiger partial charge in [-0.2, -0.15) is 0 Å². The number of aliphatic hydroxyl groups is 1. The second kappa shape index (κ2) is 5.20. The van der Waals surface area contributed by atoms with Crippen LogP contribution in [0.1, 0.15) is 23.2 Å². The van der Waals surface area contributed by atoms with Crippen molar-refractivity contribution in [1.82, 2.24) is 0 Å². The van der Waals surface area contributed by atoms with Gasteiger partial charge in [-0.3, -0.25) is 0 Å². The molecule has 1 atom stereocenters. The molecule has 0 bridgehead atoms. The minimum absolute atomic E-state index is 0.161. The first-order valence-electron chi connectivity index (χ1n) is 5.36. The van der Waals surface area contributed by atoms with Crippen LogP contribution >= 0.6 is 15.9 Å². The van der Waals surface area contributed by atoms with Crippen LogP contribution in [-0.4, -0.2) is 5.11 Å². The lowest BCUT2D eigenvalue weighted by atomic mass is 10.1. The second-order valence-electron chi connectivity index (χ2n) is 3.99. The van der Waals surface area contributed by atoms with Gasteiger partial charge in [0.25, 0.3) is 0 Å². The first-order valence-corrected chi connectivity index (χ1v) is 6.15. The van der Waals surface area contributed by atoms with E-state index in [4.69, 9.17) is 4.42 Å². The van der Waals surface area contributed by atoms with Crippen molar-refractivity contribution in [2.45, 2.75) is 19.4 Å². The molecule has 1 heterocycles. The summed E-state index contributed by atoms with van der Waals surface area (Å²) in [6.45, 7) is 1.73. The molecule has 2 nitrogen and oxygen atoms in total. The van der Waals surface area contributed by atoms with E-state index in [1.54, 1.807) is 19.1 Å². The van der Waals surface area contributed by atoms with Crippen molar-refractivity contribution >= 4 is 15.9 Å². The number of hydrogen-bond donors (Lipinski definition) is 1. The third kappa shape index (κ3) is 2.62. The van der Waals surface area contributed by atoms with E-state index in [1.165, 1.54) is 6.07 Å². The van der Waals surface area contributed by atoms with E-state index in [1.807, 2.05) is 0 Å². The maximum atomic E-state index is 13.7. The number of hydrogen-bond acceptors (Lipinski definition) is 2. The van der Waals surface area contributed by atoms with Crippen molar-refractivity contribution in [3.8, 4) is 0 Å². The zero-order valence-electron chi connectivity index (χ0n) is 9.58. The molecule has 0 aliphatic rings. The number of aliphatic hydroxyl groups excluding tert-OH is 1. The zero-order chi connectivity index (χ0) is 13.3. The highest BCUT2D eigenvalue weighted by Crippen LogP contribution is 2.27. The summed E-state index contributed by atoms with van der Waals surface area (Å²) in [6, 6.07) is 5.72. The molecule has 2 aromatic rings. The van der Waals surface area contributed by atoms with E-state index < -0.39 is 17.7 Å². The average Bonchev–Trinajstić information content (AvgIpc) is 2.76. The first-order chi connectivity index (χ1) is 8.49. The summed E-state index contributed by atoms with van der Waals surface area (Å²) in [7, 11) is 0. The molecule has 96 valence electrons. The van der Waals surface area contributed by atoms with E-state index in [0.717, 1.165) is 6.07 Å². The molecule has 0 amide bonds. The normalized spacial score (nSPS) is 12.7. The van der Waals surface area contributed by atoms with Gasteiger partial charge >= 0.3 is 0 Å². The van der Waals surface area contributed by atoms with Crippen LogP contribution in [0.3, 0.4) is 0 Å². The molecule has 0 fully saturated rings. The van der Waals surface area contributed by atoms with Gasteiger partial charge in [0.05, 0.1) is 4.47 Å². The molecular formula is C13H11BrF2O2. The minimum atomic E-state index is -1.07. The zero-order valence-corrected chi connectivity index (χ0v) is 11.2. The average molecular weight is 317 g/mol. The number of benzene rings is 1. The summed E-state index contributed by atoms with van der Waals surface area (Å²) in [5.41, 5.74) is -0.161. The summed E-state index contributed by atoms with van der Waals surface area (Å²) in [5, 5.41) is 9.88. The molecule has 0 radical (unpaired) electrons. The van der Waals surface area contributed by atoms with Gasteiger partial charge in [0.2, 0.25) is 0 Å². The van der Waals surface area contributed by atoms with E-state index >= 15 is 0 Å². The number of aryl methyl sites for hydroxylation is 1. The molecule has 1 unspecified atom stereocenters. The SMILES string of the molecule is Cc1ccc(C(O)Cc2c(F)ccc(Br)c2F)o1. The topological polar surface area (TPSA) is 33.4 Å². The van der Waals surface area contributed by atoms with Crippen molar-refractivity contribution in [3.05, 3.63) is 57.5 Å². The van der Waals surface area contributed by atoms with Gasteiger partial charge in [-0.05, 0) is 47.1 Å². The van der Waals surface area contributed by atoms with Crippen LogP contribution in [0.15, 0.2) is 33.2 Å². The molecule has 5 heteroatoms. The number of halogens is 3. The molecule has 0 aliphatic heterocycles. The van der Waals surface area contributed by atoms with Crippen LogP contribution in [0.4, 0.5) is 8.78 Å². The molecule has 1 N–H and O–H groups in total. The fourth-order valence-electron chi connectivity index (χ4n) is 1.68. The Bertz CT molecular complexity index is 566. The van der Waals surface area contributed by atoms with E-state index in [-0.39, 0.29) is 16.5 Å². The molecule has 0 saturated carbocycles. The molecular weight excluding hydrogens is 306 g/mol. The van der Waals surface area contributed by atoms with Gasteiger partial charge in [-0.25, -0.2) is 8.78 Å². The van der Waals surface area contributed by atoms with Crippen LogP contribution in [0.25, 0.3) is 0 Å². The van der Waals surface area contributed by atoms with E-state index in [0.29, 0.717) is 11.5 Å². The summed E-state index contributed by atoms with van der Waals surface area (Å²) in [5.74, 6) is -0.444. The number of furan rings is 1. The maximum absolute atomic E-state index is 13.7. The van der Waals surface area contributed by atoms with Crippen molar-refractivity contribution in [2.24, 2.45) is 0 Å². The summed E-state index contributed by atoms with van der Waals surface area (Å²) < 4.78 is 32.6. The van der Waals surface area contributed by atoms with Gasteiger partial charge in [0, 0.05) is 12.0 Å². The Labute approximate surface area is 111 Å². The fourth-order valence-corrected chi connectivity index (χ4v) is 2.05. The third-order valence-electron chi connectivity index (χ3n) is 2.63. The quantitative estimate of drug-likeness (QED) is 0.871. The first kappa shape index (κ1) is 13.2. The predicted octanol–water partition coefficient (Wildman–Crippen LogP) is 3.90. The summed E-state index contributed by atoms with van der Waals surface area (Å²) in [4.78, 5) is 0. The molecule has 1 aromatic heterocycles. The Balaban J connectivity index is 2.27. The van der Waals surface area contributed by atoms with Crippen LogP contribution in [0, 0.1) is 18.6 Å². The van der Waals surface area contributed by atoms with Gasteiger partial charge in [-0.1, -0.05) is 0 Å². The van der Waals surface area contributed by atoms with E-state index in [2.05, 4.69) is 15.9 Å². The van der Waals surface area contributed by atoms with Crippen LogP contribution in [0.2, 0.25) is 0 Å². The Morgan fingerprint density at radius 1 is 1.28 bits per heavy atom. The van der Waals surface area contributed by atoms with Gasteiger partial charge in [0.1, 0.15) is 29.3 Å². The molecule has 0 aliphatic carbocycles. The molecule has 1 aromatic carbocycles. The number of rotatable bonds is 3. The molecule has 0 saturated heterocycles. The van der Waals surface area contributed by atoms with Crippen molar-refractivity contribution < 1.29 is 18.3 Å². The highest BCUT2D eigenvalue weighted by molar-refractivity contribution is 9.10. The lowest BCUT2D eigenvalue weighted by Crippen LogP contribution is -2.05. The Morgan fingerprint density at radius 3 is 2.61 bits per heavy atom. The smallest absolute Gasteiger partial charge is 0.143 e. The fraction of sp³-hybridized carbons (Fsp3) is 0.231. The highest BCUT2D eigenvalue weighted by atomic mass is 79.9.